The molecule has 1 amide bonds. The Labute approximate surface area is 176 Å². The molecule has 0 aliphatic heterocycles. The predicted octanol–water partition coefficient (Wildman–Crippen LogP) is 3.94. The minimum Gasteiger partial charge on any atom is -0.444 e. The summed E-state index contributed by atoms with van der Waals surface area (Å²) in [6.07, 6.45) is 3.83. The Morgan fingerprint density at radius 3 is 2.82 bits per heavy atom. The van der Waals surface area contributed by atoms with E-state index >= 15 is 0 Å². The number of hydrogen-bond acceptors (Lipinski definition) is 7. The number of furan rings is 1. The Morgan fingerprint density at radius 2 is 2.11 bits per heavy atom. The van der Waals surface area contributed by atoms with Gasteiger partial charge in [-0.3, -0.25) is 4.79 Å². The van der Waals surface area contributed by atoms with Crippen LogP contribution in [0.5, 0.6) is 0 Å². The Morgan fingerprint density at radius 1 is 1.25 bits per heavy atom. The van der Waals surface area contributed by atoms with Gasteiger partial charge in [-0.2, -0.15) is 5.10 Å². The monoisotopic (exact) mass is 466 g/mol. The summed E-state index contributed by atoms with van der Waals surface area (Å²) < 4.78 is 7.58. The molecule has 10 heteroatoms. The molecule has 0 spiro atoms. The third kappa shape index (κ3) is 5.05. The number of hydrogen-bond donors (Lipinski definition) is 2. The molecule has 2 N–H and O–H groups in total. The number of nitrogens with zero attached hydrogens (tertiary/aromatic N) is 4. The molecular formula is C18H23BrN6O2S. The number of nitrogens with one attached hydrogen (secondary N) is 2. The molecule has 3 aromatic heterocycles. The normalized spacial score (nSPS) is 11.1. The molecule has 0 radical (unpaired) electrons. The average Bonchev–Trinajstić information content (AvgIpc) is 3.31. The molecule has 0 fully saturated rings. The summed E-state index contributed by atoms with van der Waals surface area (Å²) in [5, 5.41) is 12.3. The summed E-state index contributed by atoms with van der Waals surface area (Å²) >= 11 is 4.83. The van der Waals surface area contributed by atoms with Gasteiger partial charge in [0.15, 0.2) is 21.2 Å². The van der Waals surface area contributed by atoms with E-state index in [4.69, 9.17) is 4.42 Å². The number of carbonyl (C=O) groups is 1. The molecule has 0 aliphatic rings. The van der Waals surface area contributed by atoms with Crippen molar-refractivity contribution in [3.05, 3.63) is 28.8 Å². The fourth-order valence-electron chi connectivity index (χ4n) is 2.53. The summed E-state index contributed by atoms with van der Waals surface area (Å²) in [7, 11) is 0. The first kappa shape index (κ1) is 20.7. The van der Waals surface area contributed by atoms with Crippen LogP contribution in [-0.2, 0) is 6.54 Å². The van der Waals surface area contributed by atoms with Crippen molar-refractivity contribution in [2.45, 2.75) is 38.4 Å². The molecule has 3 aromatic rings. The minimum atomic E-state index is -0.263. The van der Waals surface area contributed by atoms with E-state index in [1.165, 1.54) is 0 Å². The second kappa shape index (κ2) is 9.92. The van der Waals surface area contributed by atoms with Crippen LogP contribution in [0.1, 0.15) is 37.2 Å². The lowest BCUT2D eigenvalue weighted by Gasteiger charge is -2.09. The maximum Gasteiger partial charge on any atom is 0.287 e. The maximum absolute atomic E-state index is 12.1. The van der Waals surface area contributed by atoms with E-state index in [2.05, 4.69) is 55.5 Å². The standard InChI is InChI=1S/C18H23BrN6O2S/c1-3-7-20-15-12-11-22-25(16(12)24-18(23-15)28-10-4-2)9-8-21-17(26)13-5-6-14(19)27-13/h5-6,11H,3-4,7-10H2,1-2H3,(H,21,26)(H,20,23,24). The third-order valence-corrected chi connectivity index (χ3v) is 5.34. The van der Waals surface area contributed by atoms with Crippen LogP contribution >= 0.6 is 27.7 Å². The van der Waals surface area contributed by atoms with Gasteiger partial charge >= 0.3 is 0 Å². The van der Waals surface area contributed by atoms with E-state index in [1.807, 2.05) is 0 Å². The molecular weight excluding hydrogens is 444 g/mol. The van der Waals surface area contributed by atoms with Gasteiger partial charge in [0, 0.05) is 18.8 Å². The van der Waals surface area contributed by atoms with Crippen molar-refractivity contribution in [3.8, 4) is 0 Å². The molecule has 0 saturated heterocycles. The van der Waals surface area contributed by atoms with Crippen molar-refractivity contribution < 1.29 is 9.21 Å². The molecule has 0 aromatic carbocycles. The molecule has 0 unspecified atom stereocenters. The number of fused-ring (bicyclic) bond motifs is 1. The van der Waals surface area contributed by atoms with Gasteiger partial charge in [0.1, 0.15) is 5.82 Å². The van der Waals surface area contributed by atoms with Gasteiger partial charge in [-0.25, -0.2) is 14.6 Å². The SMILES string of the molecule is CCCNc1nc(SCCC)nc2c1cnn2CCNC(=O)c1ccc(Br)o1. The summed E-state index contributed by atoms with van der Waals surface area (Å²) in [5.74, 6) is 1.77. The first-order valence-corrected chi connectivity index (χ1v) is 11.0. The highest BCUT2D eigenvalue weighted by Gasteiger charge is 2.14. The number of amides is 1. The van der Waals surface area contributed by atoms with Crippen LogP contribution in [0.25, 0.3) is 11.0 Å². The molecule has 0 bridgehead atoms. The van der Waals surface area contributed by atoms with E-state index < -0.39 is 0 Å². The predicted molar refractivity (Wildman–Crippen MR) is 114 cm³/mol. The van der Waals surface area contributed by atoms with Crippen LogP contribution in [0.2, 0.25) is 0 Å². The van der Waals surface area contributed by atoms with E-state index in [9.17, 15) is 4.79 Å². The zero-order valence-corrected chi connectivity index (χ0v) is 18.3. The number of carbonyl (C=O) groups excluding carboxylic acids is 1. The second-order valence-corrected chi connectivity index (χ2v) is 7.94. The van der Waals surface area contributed by atoms with E-state index in [1.54, 1.807) is 34.8 Å². The molecule has 0 aliphatic carbocycles. The Bertz CT molecular complexity index is 941. The molecule has 150 valence electrons. The third-order valence-electron chi connectivity index (χ3n) is 3.86. The average molecular weight is 467 g/mol. The van der Waals surface area contributed by atoms with Crippen molar-refractivity contribution >= 4 is 50.5 Å². The number of halogens is 1. The topological polar surface area (TPSA) is 97.9 Å². The van der Waals surface area contributed by atoms with Gasteiger partial charge in [-0.15, -0.1) is 0 Å². The van der Waals surface area contributed by atoms with E-state index in [-0.39, 0.29) is 11.7 Å². The van der Waals surface area contributed by atoms with Crippen molar-refractivity contribution in [2.75, 3.05) is 24.2 Å². The Hall–Kier alpha value is -2.07. The zero-order chi connectivity index (χ0) is 19.9. The highest BCUT2D eigenvalue weighted by atomic mass is 79.9. The van der Waals surface area contributed by atoms with Crippen LogP contribution in [0.3, 0.4) is 0 Å². The molecule has 3 heterocycles. The first-order chi connectivity index (χ1) is 13.6. The number of anilines is 1. The first-order valence-electron chi connectivity index (χ1n) is 9.26. The summed E-state index contributed by atoms with van der Waals surface area (Å²) in [5.41, 5.74) is 0.766. The quantitative estimate of drug-likeness (QED) is 0.344. The van der Waals surface area contributed by atoms with Crippen LogP contribution in [0.4, 0.5) is 5.82 Å². The van der Waals surface area contributed by atoms with Crippen molar-refractivity contribution in [1.29, 1.82) is 0 Å². The van der Waals surface area contributed by atoms with Crippen LogP contribution in [-0.4, -0.2) is 44.5 Å². The van der Waals surface area contributed by atoms with Crippen LogP contribution < -0.4 is 10.6 Å². The largest absolute Gasteiger partial charge is 0.444 e. The van der Waals surface area contributed by atoms with Gasteiger partial charge in [-0.1, -0.05) is 25.6 Å². The Balaban J connectivity index is 1.74. The number of aromatic nitrogens is 4. The summed E-state index contributed by atoms with van der Waals surface area (Å²) in [6, 6.07) is 3.31. The van der Waals surface area contributed by atoms with Gasteiger partial charge in [0.05, 0.1) is 18.1 Å². The molecule has 28 heavy (non-hydrogen) atoms. The molecule has 8 nitrogen and oxygen atoms in total. The van der Waals surface area contributed by atoms with Crippen molar-refractivity contribution in [2.24, 2.45) is 0 Å². The van der Waals surface area contributed by atoms with E-state index in [0.717, 1.165) is 47.1 Å². The van der Waals surface area contributed by atoms with Gasteiger partial charge in [0.2, 0.25) is 0 Å². The minimum absolute atomic E-state index is 0.263. The maximum atomic E-state index is 12.1. The fraction of sp³-hybridized carbons (Fsp3) is 0.444. The van der Waals surface area contributed by atoms with Crippen LogP contribution in [0, 0.1) is 0 Å². The van der Waals surface area contributed by atoms with Gasteiger partial charge in [-0.05, 0) is 40.9 Å². The molecule has 3 rings (SSSR count). The number of thioether (sulfide) groups is 1. The number of rotatable bonds is 10. The highest BCUT2D eigenvalue weighted by molar-refractivity contribution is 9.10. The lowest BCUT2D eigenvalue weighted by molar-refractivity contribution is 0.0923. The molecule has 0 saturated carbocycles. The van der Waals surface area contributed by atoms with Crippen molar-refractivity contribution in [1.82, 2.24) is 25.1 Å². The lowest BCUT2D eigenvalue weighted by atomic mass is 10.3. The molecule has 0 atom stereocenters. The second-order valence-electron chi connectivity index (χ2n) is 6.09. The fourth-order valence-corrected chi connectivity index (χ4v) is 3.53. The smallest absolute Gasteiger partial charge is 0.287 e. The zero-order valence-electron chi connectivity index (χ0n) is 15.9. The van der Waals surface area contributed by atoms with Crippen LogP contribution in [0.15, 0.2) is 32.6 Å². The van der Waals surface area contributed by atoms with E-state index in [0.29, 0.717) is 17.8 Å². The summed E-state index contributed by atoms with van der Waals surface area (Å²) in [4.78, 5) is 21.4. The highest BCUT2D eigenvalue weighted by Crippen LogP contribution is 2.24. The van der Waals surface area contributed by atoms with Crippen molar-refractivity contribution in [3.63, 3.8) is 0 Å². The summed E-state index contributed by atoms with van der Waals surface area (Å²) in [6.45, 7) is 5.99. The van der Waals surface area contributed by atoms with Gasteiger partial charge < -0.3 is 15.1 Å². The van der Waals surface area contributed by atoms with Gasteiger partial charge in [0.25, 0.3) is 5.91 Å². The Kier molecular flexibility index (Phi) is 7.32. The lowest BCUT2D eigenvalue weighted by Crippen LogP contribution is -2.27.